The maximum atomic E-state index is 14.5. The molecule has 6 rings (SSSR count). The van der Waals surface area contributed by atoms with Gasteiger partial charge in [-0.05, 0) is 107 Å². The summed E-state index contributed by atoms with van der Waals surface area (Å²) in [6.07, 6.45) is 0.206. The largest absolute Gasteiger partial charge is 0.484 e. The molecular formula is C43H42F2N6O4. The van der Waals surface area contributed by atoms with E-state index in [9.17, 15) is 19.3 Å². The summed E-state index contributed by atoms with van der Waals surface area (Å²) in [4.78, 5) is 0. The third-order valence-corrected chi connectivity index (χ3v) is 8.80. The maximum Gasteiger partial charge on any atom is 0.191 e. The van der Waals surface area contributed by atoms with E-state index in [2.05, 4.69) is 22.3 Å². The molecule has 0 aliphatic heterocycles. The summed E-state index contributed by atoms with van der Waals surface area (Å²) < 4.78 is 44.1. The molecule has 12 heteroatoms. The van der Waals surface area contributed by atoms with Crippen LogP contribution in [0.5, 0.6) is 11.5 Å². The van der Waals surface area contributed by atoms with Crippen LogP contribution in [0.3, 0.4) is 0 Å². The average molecular weight is 745 g/mol. The lowest BCUT2D eigenvalue weighted by Crippen LogP contribution is -2.13. The zero-order chi connectivity index (χ0) is 39.5. The number of para-hydroxylation sites is 2. The number of aromatic nitrogens is 4. The number of nitriles is 2. The van der Waals surface area contributed by atoms with Gasteiger partial charge in [-0.2, -0.15) is 20.7 Å². The number of nitrogens with zero attached hydrogens (tertiary/aromatic N) is 6. The lowest BCUT2D eigenvalue weighted by Gasteiger charge is -2.18. The predicted molar refractivity (Wildman–Crippen MR) is 203 cm³/mol. The zero-order valence-corrected chi connectivity index (χ0v) is 31.1. The van der Waals surface area contributed by atoms with E-state index in [0.717, 1.165) is 16.9 Å². The van der Waals surface area contributed by atoms with Crippen molar-refractivity contribution in [2.24, 2.45) is 0 Å². The van der Waals surface area contributed by atoms with Crippen molar-refractivity contribution in [2.75, 3.05) is 13.2 Å². The number of aliphatic hydroxyl groups excluding tert-OH is 2. The van der Waals surface area contributed by atoms with Crippen molar-refractivity contribution in [1.29, 1.82) is 10.5 Å². The number of halogens is 2. The molecule has 10 nitrogen and oxygen atoms in total. The van der Waals surface area contributed by atoms with Crippen LogP contribution in [0.25, 0.3) is 11.4 Å². The number of aliphatic hydroxyl groups is 2. The number of ether oxygens (including phenoxy) is 2. The van der Waals surface area contributed by atoms with Gasteiger partial charge >= 0.3 is 0 Å². The summed E-state index contributed by atoms with van der Waals surface area (Å²) in [6, 6.07) is 33.3. The lowest BCUT2D eigenvalue weighted by atomic mass is 10.1. The molecule has 4 aromatic carbocycles. The third-order valence-electron chi connectivity index (χ3n) is 8.80. The molecule has 0 fully saturated rings. The molecule has 0 radical (unpaired) electrons. The second-order valence-corrected chi connectivity index (χ2v) is 12.8. The Hall–Kier alpha value is -6.34. The molecule has 55 heavy (non-hydrogen) atoms. The fraction of sp³-hybridized carbons (Fsp3) is 0.256. The van der Waals surface area contributed by atoms with E-state index in [1.807, 2.05) is 98.8 Å². The van der Waals surface area contributed by atoms with Gasteiger partial charge in [0.1, 0.15) is 52.6 Å². The highest BCUT2D eigenvalue weighted by atomic mass is 19.1. The molecule has 2 heterocycles. The molecule has 0 aliphatic carbocycles. The van der Waals surface area contributed by atoms with Gasteiger partial charge in [0.25, 0.3) is 0 Å². The molecule has 0 amide bonds. The first-order chi connectivity index (χ1) is 26.6. The fourth-order valence-electron chi connectivity index (χ4n) is 6.16. The normalized spacial score (nSPS) is 11.8. The maximum absolute atomic E-state index is 14.5. The molecule has 0 bridgehead atoms. The Bertz CT molecular complexity index is 2250. The highest BCUT2D eigenvalue weighted by molar-refractivity contribution is 5.46. The first-order valence-electron chi connectivity index (χ1n) is 17.8. The van der Waals surface area contributed by atoms with Crippen LogP contribution >= 0.6 is 0 Å². The van der Waals surface area contributed by atoms with Crippen molar-refractivity contribution in [3.05, 3.63) is 154 Å². The summed E-state index contributed by atoms with van der Waals surface area (Å²) in [5, 5.41) is 46.0. The molecule has 0 saturated carbocycles. The van der Waals surface area contributed by atoms with Crippen LogP contribution in [0.15, 0.2) is 97.1 Å². The van der Waals surface area contributed by atoms with Crippen LogP contribution in [0.1, 0.15) is 77.5 Å². The second kappa shape index (κ2) is 18.6. The Kier molecular flexibility index (Phi) is 13.5. The predicted octanol–water partition coefficient (Wildman–Crippen LogP) is 8.12. The Morgan fingerprint density at radius 3 is 1.56 bits per heavy atom. The van der Waals surface area contributed by atoms with Crippen molar-refractivity contribution < 1.29 is 28.5 Å². The summed E-state index contributed by atoms with van der Waals surface area (Å²) in [6.45, 7) is 7.13. The van der Waals surface area contributed by atoms with Gasteiger partial charge < -0.3 is 19.7 Å². The van der Waals surface area contributed by atoms with Crippen molar-refractivity contribution in [1.82, 2.24) is 19.6 Å². The molecule has 2 atom stereocenters. The molecular weight excluding hydrogens is 703 g/mol. The van der Waals surface area contributed by atoms with E-state index in [0.29, 0.717) is 64.5 Å². The fourth-order valence-corrected chi connectivity index (χ4v) is 6.16. The van der Waals surface area contributed by atoms with Gasteiger partial charge in [0.05, 0.1) is 22.8 Å². The van der Waals surface area contributed by atoms with Gasteiger partial charge in [-0.3, -0.25) is 0 Å². The van der Waals surface area contributed by atoms with Crippen LogP contribution in [-0.2, 0) is 12.8 Å². The molecule has 0 aliphatic rings. The second-order valence-electron chi connectivity index (χ2n) is 12.8. The number of hydrogen-bond acceptors (Lipinski definition) is 8. The van der Waals surface area contributed by atoms with Gasteiger partial charge in [-0.25, -0.2) is 18.1 Å². The van der Waals surface area contributed by atoms with E-state index >= 15 is 0 Å². The quantitative estimate of drug-likeness (QED) is 0.121. The van der Waals surface area contributed by atoms with Crippen molar-refractivity contribution in [3.8, 4) is 35.0 Å². The summed E-state index contributed by atoms with van der Waals surface area (Å²) in [7, 11) is 0. The van der Waals surface area contributed by atoms with Gasteiger partial charge in [-0.1, -0.05) is 48.5 Å². The molecule has 282 valence electrons. The standard InChI is InChI=1S/C22H21F2N3O2.C21H21N3O2/c1-14-18(13-25)21(27(26-14)17-8-4-3-5-9-17)15(2)29-22-19(23)11-16(7-6-10-28)12-20(22)24;1-15-20(14-22)21(24(23-15)18-6-4-3-5-7-18)16(2)26-19-10-8-17(9-11-19)12-13-25/h3-5,8-9,11-12,15,28H,6-7,10H2,1-2H3;3-11,16,25H,12-13H2,1-2H3. The van der Waals surface area contributed by atoms with Gasteiger partial charge in [0, 0.05) is 13.2 Å². The molecule has 6 aromatic rings. The summed E-state index contributed by atoms with van der Waals surface area (Å²) in [5.74, 6) is -1.45. The van der Waals surface area contributed by atoms with E-state index < -0.39 is 23.5 Å². The average Bonchev–Trinajstić information content (AvgIpc) is 3.72. The molecule has 0 saturated heterocycles. The van der Waals surface area contributed by atoms with E-state index in [4.69, 9.17) is 19.7 Å². The van der Waals surface area contributed by atoms with Crippen LogP contribution in [0.2, 0.25) is 0 Å². The van der Waals surface area contributed by atoms with Crippen LogP contribution in [0.4, 0.5) is 8.78 Å². The summed E-state index contributed by atoms with van der Waals surface area (Å²) in [5.41, 5.74) is 6.27. The Labute approximate surface area is 319 Å². The lowest BCUT2D eigenvalue weighted by molar-refractivity contribution is 0.197. The number of rotatable bonds is 13. The van der Waals surface area contributed by atoms with Crippen LogP contribution < -0.4 is 9.47 Å². The van der Waals surface area contributed by atoms with Gasteiger partial charge in [0.2, 0.25) is 0 Å². The minimum Gasteiger partial charge on any atom is -0.484 e. The van der Waals surface area contributed by atoms with Gasteiger partial charge in [0.15, 0.2) is 17.4 Å². The first kappa shape index (κ1) is 39.9. The zero-order valence-electron chi connectivity index (χ0n) is 31.1. The van der Waals surface area contributed by atoms with Gasteiger partial charge in [-0.15, -0.1) is 0 Å². The number of hydrogen-bond donors (Lipinski definition) is 2. The minimum atomic E-state index is -0.835. The third kappa shape index (κ3) is 9.43. The monoisotopic (exact) mass is 744 g/mol. The molecule has 2 N–H and O–H groups in total. The highest BCUT2D eigenvalue weighted by Gasteiger charge is 2.26. The SMILES string of the molecule is Cc1nn(-c2ccccc2)c(C(C)Oc2c(F)cc(CCCO)cc2F)c1C#N.Cc1nn(-c2ccccc2)c(C(C)Oc2ccc(CCO)cc2)c1C#N. The smallest absolute Gasteiger partial charge is 0.191 e. The van der Waals surface area contributed by atoms with E-state index in [1.165, 1.54) is 12.1 Å². The number of aryl methyl sites for hydroxylation is 3. The van der Waals surface area contributed by atoms with E-state index in [-0.39, 0.29) is 19.3 Å². The van der Waals surface area contributed by atoms with Crippen molar-refractivity contribution >= 4 is 0 Å². The number of benzene rings is 4. The summed E-state index contributed by atoms with van der Waals surface area (Å²) >= 11 is 0. The highest BCUT2D eigenvalue weighted by Crippen LogP contribution is 2.32. The molecule has 2 aromatic heterocycles. The minimum absolute atomic E-state index is 0.0573. The van der Waals surface area contributed by atoms with Crippen molar-refractivity contribution in [2.45, 2.75) is 59.2 Å². The topological polar surface area (TPSA) is 142 Å². The van der Waals surface area contributed by atoms with Crippen LogP contribution in [0, 0.1) is 48.1 Å². The Morgan fingerprint density at radius 2 is 1.13 bits per heavy atom. The molecule has 0 spiro atoms. The Morgan fingerprint density at radius 1 is 0.655 bits per heavy atom. The van der Waals surface area contributed by atoms with Crippen molar-refractivity contribution in [3.63, 3.8) is 0 Å². The Balaban J connectivity index is 0.000000212. The van der Waals surface area contributed by atoms with E-state index in [1.54, 1.807) is 23.2 Å². The van der Waals surface area contributed by atoms with Crippen LogP contribution in [-0.4, -0.2) is 43.0 Å². The molecule has 2 unspecified atom stereocenters. The first-order valence-corrected chi connectivity index (χ1v) is 17.8.